The molecule has 0 aliphatic carbocycles. The Bertz CT molecular complexity index is 761. The maximum absolute atomic E-state index is 12.5. The third-order valence-corrected chi connectivity index (χ3v) is 4.00. The van der Waals surface area contributed by atoms with Crippen LogP contribution in [-0.2, 0) is 14.4 Å². The van der Waals surface area contributed by atoms with Gasteiger partial charge in [-0.05, 0) is 18.1 Å². The molecule has 0 aliphatic heterocycles. The van der Waals surface area contributed by atoms with Crippen molar-refractivity contribution in [2.75, 3.05) is 11.4 Å². The number of aliphatic carboxylic acids is 1. The number of carboxylic acids is 1. The third kappa shape index (κ3) is 5.68. The molecule has 0 fully saturated rings. The van der Waals surface area contributed by atoms with Crippen LogP contribution in [0.25, 0.3) is 0 Å². The molecule has 2 amide bonds. The Morgan fingerprint density at radius 1 is 1.19 bits per heavy atom. The minimum Gasteiger partial charge on any atom is -0.481 e. The molecule has 0 saturated heterocycles. The van der Waals surface area contributed by atoms with E-state index in [0.717, 1.165) is 10.5 Å². The average Bonchev–Trinajstić information content (AvgIpc) is 3.18. The number of carbonyl (C=O) groups is 3. The van der Waals surface area contributed by atoms with Crippen LogP contribution in [0.1, 0.15) is 31.4 Å². The summed E-state index contributed by atoms with van der Waals surface area (Å²) in [7, 11) is 0. The van der Waals surface area contributed by atoms with Crippen LogP contribution in [0.4, 0.5) is 5.88 Å². The smallest absolute Gasteiger partial charge is 0.305 e. The Morgan fingerprint density at radius 3 is 2.44 bits per heavy atom. The van der Waals surface area contributed by atoms with Crippen molar-refractivity contribution in [2.45, 2.75) is 31.8 Å². The SMILES string of the molecule is CC[C@H](NC(=O)CN(C(=O)[C@@H](N)CC(=O)O)c1ccco1)c1ccccc1. The summed E-state index contributed by atoms with van der Waals surface area (Å²) in [6.45, 7) is 1.61. The lowest BCUT2D eigenvalue weighted by molar-refractivity contribution is -0.139. The molecule has 1 aromatic heterocycles. The molecule has 27 heavy (non-hydrogen) atoms. The molecule has 2 aromatic rings. The van der Waals surface area contributed by atoms with Crippen LogP contribution in [0.5, 0.6) is 0 Å². The molecule has 0 spiro atoms. The van der Waals surface area contributed by atoms with Gasteiger partial charge in [0.15, 0.2) is 0 Å². The van der Waals surface area contributed by atoms with E-state index in [1.165, 1.54) is 12.3 Å². The second kappa shape index (κ2) is 9.54. The molecular formula is C19H23N3O5. The Hall–Kier alpha value is -3.13. The number of nitrogens with two attached hydrogens (primary N) is 1. The van der Waals surface area contributed by atoms with Crippen LogP contribution in [0.3, 0.4) is 0 Å². The van der Waals surface area contributed by atoms with Crippen molar-refractivity contribution >= 4 is 23.7 Å². The fraction of sp³-hybridized carbons (Fsp3) is 0.316. The van der Waals surface area contributed by atoms with Gasteiger partial charge in [0.25, 0.3) is 0 Å². The Kier molecular flexibility index (Phi) is 7.13. The first-order chi connectivity index (χ1) is 12.9. The Labute approximate surface area is 156 Å². The van der Waals surface area contributed by atoms with Gasteiger partial charge in [-0.15, -0.1) is 0 Å². The van der Waals surface area contributed by atoms with Gasteiger partial charge in [-0.1, -0.05) is 37.3 Å². The van der Waals surface area contributed by atoms with Gasteiger partial charge in [0.05, 0.1) is 24.8 Å². The fourth-order valence-corrected chi connectivity index (χ4v) is 2.65. The van der Waals surface area contributed by atoms with E-state index in [4.69, 9.17) is 15.3 Å². The lowest BCUT2D eigenvalue weighted by atomic mass is 10.0. The van der Waals surface area contributed by atoms with Gasteiger partial charge in [0.1, 0.15) is 6.54 Å². The largest absolute Gasteiger partial charge is 0.481 e. The van der Waals surface area contributed by atoms with Gasteiger partial charge in [0.2, 0.25) is 17.7 Å². The molecule has 0 radical (unpaired) electrons. The van der Waals surface area contributed by atoms with Crippen LogP contribution in [-0.4, -0.2) is 35.5 Å². The highest BCUT2D eigenvalue weighted by Gasteiger charge is 2.28. The number of nitrogens with one attached hydrogen (secondary N) is 1. The van der Waals surface area contributed by atoms with E-state index >= 15 is 0 Å². The lowest BCUT2D eigenvalue weighted by Gasteiger charge is -2.24. The maximum Gasteiger partial charge on any atom is 0.305 e. The Balaban J connectivity index is 2.11. The minimum atomic E-state index is -1.28. The highest BCUT2D eigenvalue weighted by Crippen LogP contribution is 2.18. The number of nitrogens with zero attached hydrogens (tertiary/aromatic N) is 1. The molecule has 0 unspecified atom stereocenters. The standard InChI is InChI=1S/C19H23N3O5/c1-2-15(13-7-4-3-5-8-13)21-16(23)12-22(17-9-6-10-27-17)19(26)14(20)11-18(24)25/h3-10,14-15H,2,11-12,20H2,1H3,(H,21,23)(H,24,25)/t14-,15-/m0/s1. The first-order valence-corrected chi connectivity index (χ1v) is 8.59. The summed E-state index contributed by atoms with van der Waals surface area (Å²) in [6, 6.07) is 11.1. The predicted octanol–water partition coefficient (Wildman–Crippen LogP) is 1.68. The van der Waals surface area contributed by atoms with Gasteiger partial charge in [-0.25, -0.2) is 0 Å². The number of carboxylic acid groups (broad SMARTS) is 1. The zero-order chi connectivity index (χ0) is 19.8. The summed E-state index contributed by atoms with van der Waals surface area (Å²) >= 11 is 0. The normalized spacial score (nSPS) is 12.8. The van der Waals surface area contributed by atoms with Crippen molar-refractivity contribution in [3.63, 3.8) is 0 Å². The summed E-state index contributed by atoms with van der Waals surface area (Å²) in [5.41, 5.74) is 6.62. The van der Waals surface area contributed by atoms with Crippen LogP contribution in [0.2, 0.25) is 0 Å². The minimum absolute atomic E-state index is 0.128. The van der Waals surface area contributed by atoms with E-state index < -0.39 is 30.2 Å². The maximum atomic E-state index is 12.5. The number of hydrogen-bond donors (Lipinski definition) is 3. The first-order valence-electron chi connectivity index (χ1n) is 8.59. The van der Waals surface area contributed by atoms with E-state index in [1.54, 1.807) is 6.07 Å². The monoisotopic (exact) mass is 373 g/mol. The number of anilines is 1. The summed E-state index contributed by atoms with van der Waals surface area (Å²) in [4.78, 5) is 37.0. The van der Waals surface area contributed by atoms with Gasteiger partial charge in [-0.2, -0.15) is 0 Å². The van der Waals surface area contributed by atoms with Crippen LogP contribution >= 0.6 is 0 Å². The van der Waals surface area contributed by atoms with Crippen molar-refractivity contribution < 1.29 is 23.9 Å². The van der Waals surface area contributed by atoms with Crippen LogP contribution in [0.15, 0.2) is 53.1 Å². The highest BCUT2D eigenvalue weighted by molar-refractivity contribution is 6.01. The number of benzene rings is 1. The molecule has 2 rings (SSSR count). The molecule has 144 valence electrons. The third-order valence-electron chi connectivity index (χ3n) is 4.00. The zero-order valence-electron chi connectivity index (χ0n) is 15.0. The molecule has 1 heterocycles. The summed E-state index contributed by atoms with van der Waals surface area (Å²) in [6.07, 6.45) is 1.48. The van der Waals surface area contributed by atoms with Gasteiger partial charge >= 0.3 is 5.97 Å². The molecule has 0 aliphatic rings. The molecule has 8 heteroatoms. The summed E-state index contributed by atoms with van der Waals surface area (Å²) in [5, 5.41) is 11.7. The first kappa shape index (κ1) is 20.2. The lowest BCUT2D eigenvalue weighted by Crippen LogP contribution is -2.49. The second-order valence-corrected chi connectivity index (χ2v) is 6.02. The Morgan fingerprint density at radius 2 is 1.89 bits per heavy atom. The zero-order valence-corrected chi connectivity index (χ0v) is 15.0. The van der Waals surface area contributed by atoms with Gasteiger partial charge in [-0.3, -0.25) is 19.3 Å². The van der Waals surface area contributed by atoms with E-state index in [1.807, 2.05) is 37.3 Å². The molecular weight excluding hydrogens is 350 g/mol. The average molecular weight is 373 g/mol. The van der Waals surface area contributed by atoms with E-state index in [2.05, 4.69) is 5.32 Å². The van der Waals surface area contributed by atoms with E-state index in [-0.39, 0.29) is 18.5 Å². The van der Waals surface area contributed by atoms with Gasteiger partial charge < -0.3 is 20.6 Å². The van der Waals surface area contributed by atoms with E-state index in [0.29, 0.717) is 6.42 Å². The number of furan rings is 1. The van der Waals surface area contributed by atoms with Crippen molar-refractivity contribution in [1.29, 1.82) is 0 Å². The molecule has 4 N–H and O–H groups in total. The van der Waals surface area contributed by atoms with Gasteiger partial charge in [0, 0.05) is 6.07 Å². The topological polar surface area (TPSA) is 126 Å². The summed E-state index contributed by atoms with van der Waals surface area (Å²) in [5.74, 6) is -2.17. The van der Waals surface area contributed by atoms with Crippen LogP contribution in [0, 0.1) is 0 Å². The quantitative estimate of drug-likeness (QED) is 0.614. The van der Waals surface area contributed by atoms with Crippen molar-refractivity contribution in [3.05, 3.63) is 54.3 Å². The van der Waals surface area contributed by atoms with Crippen molar-refractivity contribution in [1.82, 2.24) is 5.32 Å². The molecule has 0 bridgehead atoms. The summed E-state index contributed by atoms with van der Waals surface area (Å²) < 4.78 is 5.21. The molecule has 1 aromatic carbocycles. The van der Waals surface area contributed by atoms with Crippen molar-refractivity contribution in [3.8, 4) is 0 Å². The van der Waals surface area contributed by atoms with Crippen molar-refractivity contribution in [2.24, 2.45) is 5.73 Å². The second-order valence-electron chi connectivity index (χ2n) is 6.02. The number of rotatable bonds is 9. The van der Waals surface area contributed by atoms with E-state index in [9.17, 15) is 14.4 Å². The molecule has 8 nitrogen and oxygen atoms in total. The molecule has 0 saturated carbocycles. The highest BCUT2D eigenvalue weighted by atomic mass is 16.4. The fourth-order valence-electron chi connectivity index (χ4n) is 2.65. The van der Waals surface area contributed by atoms with Crippen LogP contribution < -0.4 is 16.0 Å². The number of carbonyl (C=O) groups excluding carboxylic acids is 2. The number of amides is 2. The molecule has 2 atom stereocenters. The predicted molar refractivity (Wildman–Crippen MR) is 98.9 cm³/mol. The number of hydrogen-bond acceptors (Lipinski definition) is 5.